The molecule has 2 amide bonds. The summed E-state index contributed by atoms with van der Waals surface area (Å²) >= 11 is 0. The number of carbonyl (C=O) groups is 3. The Hall–Kier alpha value is -2.57. The van der Waals surface area contributed by atoms with Crippen LogP contribution in [0.4, 0.5) is 10.5 Å². The van der Waals surface area contributed by atoms with Gasteiger partial charge in [0, 0.05) is 12.1 Å². The number of amides is 2. The van der Waals surface area contributed by atoms with Gasteiger partial charge in [-0.25, -0.2) is 9.59 Å². The number of urea groups is 1. The van der Waals surface area contributed by atoms with Crippen LogP contribution >= 0.6 is 0 Å². The molecule has 7 nitrogen and oxygen atoms in total. The first kappa shape index (κ1) is 16.5. The standard InChI is InChI=1S/C14H18N2O5/c1-2-9-4-3-5-10(8-9)15-14(21)16-11(13(19)20)6-7-12(17)18/h3-5,8,11H,2,6-7H2,1H3,(H,17,18)(H,19,20)(H2,15,16,21). The number of anilines is 1. The second kappa shape index (κ2) is 7.88. The van der Waals surface area contributed by atoms with Crippen molar-refractivity contribution in [3.8, 4) is 0 Å². The summed E-state index contributed by atoms with van der Waals surface area (Å²) in [5.74, 6) is -2.38. The van der Waals surface area contributed by atoms with Crippen LogP contribution < -0.4 is 10.6 Å². The monoisotopic (exact) mass is 294 g/mol. The summed E-state index contributed by atoms with van der Waals surface area (Å²) in [6.07, 6.45) is 0.309. The molecule has 0 radical (unpaired) electrons. The first-order valence-corrected chi connectivity index (χ1v) is 6.53. The highest BCUT2D eigenvalue weighted by molar-refractivity contribution is 5.92. The number of nitrogens with one attached hydrogen (secondary N) is 2. The predicted molar refractivity (Wildman–Crippen MR) is 76.3 cm³/mol. The summed E-state index contributed by atoms with van der Waals surface area (Å²) in [5.41, 5.74) is 1.59. The van der Waals surface area contributed by atoms with Crippen LogP contribution in [0.15, 0.2) is 24.3 Å². The maximum atomic E-state index is 11.7. The zero-order chi connectivity index (χ0) is 15.8. The number of carboxylic acids is 2. The van der Waals surface area contributed by atoms with Gasteiger partial charge >= 0.3 is 18.0 Å². The van der Waals surface area contributed by atoms with E-state index in [1.165, 1.54) is 0 Å². The Morgan fingerprint density at radius 2 is 1.95 bits per heavy atom. The summed E-state index contributed by atoms with van der Waals surface area (Å²) in [7, 11) is 0. The van der Waals surface area contributed by atoms with Gasteiger partial charge in [-0.2, -0.15) is 0 Å². The van der Waals surface area contributed by atoms with Crippen LogP contribution in [-0.2, 0) is 16.0 Å². The van der Waals surface area contributed by atoms with Crippen LogP contribution in [0, 0.1) is 0 Å². The van der Waals surface area contributed by atoms with E-state index in [9.17, 15) is 14.4 Å². The van der Waals surface area contributed by atoms with E-state index >= 15 is 0 Å². The normalized spacial score (nSPS) is 11.5. The number of hydrogen-bond acceptors (Lipinski definition) is 3. The van der Waals surface area contributed by atoms with Gasteiger partial charge in [-0.05, 0) is 30.5 Å². The Kier molecular flexibility index (Phi) is 6.19. The van der Waals surface area contributed by atoms with Crippen molar-refractivity contribution in [2.24, 2.45) is 0 Å². The molecule has 0 spiro atoms. The van der Waals surface area contributed by atoms with Gasteiger partial charge in [-0.1, -0.05) is 19.1 Å². The summed E-state index contributed by atoms with van der Waals surface area (Å²) in [4.78, 5) is 33.2. The van der Waals surface area contributed by atoms with E-state index in [-0.39, 0.29) is 12.8 Å². The third kappa shape index (κ3) is 5.94. The van der Waals surface area contributed by atoms with Crippen LogP contribution in [0.25, 0.3) is 0 Å². The molecule has 0 saturated carbocycles. The van der Waals surface area contributed by atoms with E-state index in [1.807, 2.05) is 13.0 Å². The Morgan fingerprint density at radius 1 is 1.24 bits per heavy atom. The van der Waals surface area contributed by atoms with Gasteiger partial charge in [0.1, 0.15) is 6.04 Å². The highest BCUT2D eigenvalue weighted by atomic mass is 16.4. The smallest absolute Gasteiger partial charge is 0.326 e. The highest BCUT2D eigenvalue weighted by Crippen LogP contribution is 2.11. The van der Waals surface area contributed by atoms with Crippen molar-refractivity contribution in [2.75, 3.05) is 5.32 Å². The minimum absolute atomic E-state index is 0.174. The maximum absolute atomic E-state index is 11.7. The number of rotatable bonds is 7. The average molecular weight is 294 g/mol. The lowest BCUT2D eigenvalue weighted by Crippen LogP contribution is -2.43. The molecule has 0 aliphatic carbocycles. The predicted octanol–water partition coefficient (Wildman–Crippen LogP) is 1.69. The fraction of sp³-hybridized carbons (Fsp3) is 0.357. The first-order chi connectivity index (χ1) is 9.92. The fourth-order valence-corrected chi connectivity index (χ4v) is 1.72. The number of carboxylic acid groups (broad SMARTS) is 2. The third-order valence-electron chi connectivity index (χ3n) is 2.84. The minimum Gasteiger partial charge on any atom is -0.481 e. The number of benzene rings is 1. The molecule has 1 aromatic rings. The molecule has 0 saturated heterocycles. The lowest BCUT2D eigenvalue weighted by molar-refractivity contribution is -0.140. The van der Waals surface area contributed by atoms with Crippen LogP contribution in [-0.4, -0.2) is 34.2 Å². The number of aryl methyl sites for hydroxylation is 1. The molecular formula is C14H18N2O5. The number of carbonyl (C=O) groups excluding carboxylic acids is 1. The van der Waals surface area contributed by atoms with Gasteiger partial charge in [-0.3, -0.25) is 4.79 Å². The van der Waals surface area contributed by atoms with E-state index < -0.39 is 24.0 Å². The molecule has 0 aliphatic rings. The third-order valence-corrected chi connectivity index (χ3v) is 2.84. The number of aliphatic carboxylic acids is 2. The van der Waals surface area contributed by atoms with Gasteiger partial charge in [0.05, 0.1) is 0 Å². The van der Waals surface area contributed by atoms with Gasteiger partial charge in [0.2, 0.25) is 0 Å². The van der Waals surface area contributed by atoms with Crippen LogP contribution in [0.2, 0.25) is 0 Å². The molecule has 1 rings (SSSR count). The van der Waals surface area contributed by atoms with E-state index in [0.29, 0.717) is 5.69 Å². The molecule has 0 aromatic heterocycles. The van der Waals surface area contributed by atoms with Crippen LogP contribution in [0.3, 0.4) is 0 Å². The van der Waals surface area contributed by atoms with Gasteiger partial charge < -0.3 is 20.8 Å². The fourth-order valence-electron chi connectivity index (χ4n) is 1.72. The molecule has 1 aromatic carbocycles. The summed E-state index contributed by atoms with van der Waals surface area (Å²) in [6, 6.07) is 5.25. The lowest BCUT2D eigenvalue weighted by atomic mass is 10.1. The van der Waals surface area contributed by atoms with Crippen molar-refractivity contribution in [2.45, 2.75) is 32.2 Å². The van der Waals surface area contributed by atoms with Gasteiger partial charge in [0.25, 0.3) is 0 Å². The van der Waals surface area contributed by atoms with Crippen molar-refractivity contribution < 1.29 is 24.6 Å². The Bertz CT molecular complexity index is 530. The van der Waals surface area contributed by atoms with Crippen molar-refractivity contribution in [1.82, 2.24) is 5.32 Å². The molecule has 0 fully saturated rings. The second-order valence-electron chi connectivity index (χ2n) is 4.48. The summed E-state index contributed by atoms with van der Waals surface area (Å²) in [6.45, 7) is 1.98. The first-order valence-electron chi connectivity index (χ1n) is 6.53. The van der Waals surface area contributed by atoms with Gasteiger partial charge in [0.15, 0.2) is 0 Å². The lowest BCUT2D eigenvalue weighted by Gasteiger charge is -2.14. The van der Waals surface area contributed by atoms with E-state index in [4.69, 9.17) is 10.2 Å². The molecule has 1 atom stereocenters. The van der Waals surface area contributed by atoms with E-state index in [0.717, 1.165) is 12.0 Å². The molecule has 7 heteroatoms. The van der Waals surface area contributed by atoms with Crippen molar-refractivity contribution >= 4 is 23.7 Å². The molecule has 21 heavy (non-hydrogen) atoms. The van der Waals surface area contributed by atoms with Crippen molar-refractivity contribution in [1.29, 1.82) is 0 Å². The van der Waals surface area contributed by atoms with E-state index in [1.54, 1.807) is 18.2 Å². The number of hydrogen-bond donors (Lipinski definition) is 4. The van der Waals surface area contributed by atoms with E-state index in [2.05, 4.69) is 10.6 Å². The molecular weight excluding hydrogens is 276 g/mol. The largest absolute Gasteiger partial charge is 0.481 e. The van der Waals surface area contributed by atoms with Crippen LogP contribution in [0.5, 0.6) is 0 Å². The minimum atomic E-state index is -1.27. The Labute approximate surface area is 122 Å². The maximum Gasteiger partial charge on any atom is 0.326 e. The molecule has 0 aliphatic heterocycles. The van der Waals surface area contributed by atoms with Gasteiger partial charge in [-0.15, -0.1) is 0 Å². The Balaban J connectivity index is 2.60. The SMILES string of the molecule is CCc1cccc(NC(=O)NC(CCC(=O)O)C(=O)O)c1. The molecule has 0 bridgehead atoms. The van der Waals surface area contributed by atoms with Crippen molar-refractivity contribution in [3.05, 3.63) is 29.8 Å². The van der Waals surface area contributed by atoms with Crippen molar-refractivity contribution in [3.63, 3.8) is 0 Å². The average Bonchev–Trinajstić information content (AvgIpc) is 2.43. The zero-order valence-electron chi connectivity index (χ0n) is 11.6. The summed E-state index contributed by atoms with van der Waals surface area (Å²) in [5, 5.41) is 22.3. The van der Waals surface area contributed by atoms with Crippen LogP contribution in [0.1, 0.15) is 25.3 Å². The molecule has 4 N–H and O–H groups in total. The molecule has 114 valence electrons. The summed E-state index contributed by atoms with van der Waals surface area (Å²) < 4.78 is 0. The zero-order valence-corrected chi connectivity index (χ0v) is 11.6. The Morgan fingerprint density at radius 3 is 2.52 bits per heavy atom. The highest BCUT2D eigenvalue weighted by Gasteiger charge is 2.20. The topological polar surface area (TPSA) is 116 Å². The molecule has 1 unspecified atom stereocenters. The quantitative estimate of drug-likeness (QED) is 0.610. The second-order valence-corrected chi connectivity index (χ2v) is 4.48. The molecule has 0 heterocycles.